The van der Waals surface area contributed by atoms with Gasteiger partial charge in [-0.2, -0.15) is 0 Å². The maximum atomic E-state index is 14.9. The van der Waals surface area contributed by atoms with E-state index in [2.05, 4.69) is 10.3 Å². The lowest BCUT2D eigenvalue weighted by atomic mass is 10.0. The maximum absolute atomic E-state index is 14.9. The number of amides is 1. The molecular formula is C33H27F2N5O5S. The van der Waals surface area contributed by atoms with E-state index in [0.29, 0.717) is 58.6 Å². The van der Waals surface area contributed by atoms with Gasteiger partial charge in [0.1, 0.15) is 28.7 Å². The minimum atomic E-state index is -3.79. The second-order valence-corrected chi connectivity index (χ2v) is 13.0. The van der Waals surface area contributed by atoms with E-state index in [1.54, 1.807) is 18.2 Å². The molecule has 1 aliphatic heterocycles. The fraction of sp³-hybridized carbons (Fsp3) is 0.182. The van der Waals surface area contributed by atoms with E-state index in [4.69, 9.17) is 14.1 Å². The third-order valence-corrected chi connectivity index (χ3v) is 9.31. The first kappa shape index (κ1) is 29.4. The van der Waals surface area contributed by atoms with Gasteiger partial charge < -0.3 is 19.0 Å². The molecule has 0 radical (unpaired) electrons. The lowest BCUT2D eigenvalue weighted by Crippen LogP contribution is -2.25. The normalized spacial score (nSPS) is 13.1. The first-order valence-electron chi connectivity index (χ1n) is 14.4. The molecule has 1 aliphatic rings. The average Bonchev–Trinajstić information content (AvgIpc) is 3.59. The Morgan fingerprint density at radius 1 is 1.07 bits per heavy atom. The Labute approximate surface area is 262 Å². The molecule has 3 aromatic heterocycles. The SMILES string of the molecule is CNC(=O)c1c(-c2ccc(F)cc2)oc2cc(N(C)S(C)(=O)=O)c(-c3ncc4c(n3)-c3cc5c(F)cccc5n3CCCO4)cc12. The molecule has 1 amide bonds. The number of carbonyl (C=O) groups excluding carboxylic acids is 1. The Bertz CT molecular complexity index is 2300. The molecule has 3 aromatic carbocycles. The van der Waals surface area contributed by atoms with Gasteiger partial charge in [-0.05, 0) is 55.0 Å². The molecule has 234 valence electrons. The summed E-state index contributed by atoms with van der Waals surface area (Å²) in [6, 6.07) is 15.2. The highest BCUT2D eigenvalue weighted by Crippen LogP contribution is 2.42. The Balaban J connectivity index is 1.51. The van der Waals surface area contributed by atoms with Crippen LogP contribution in [-0.4, -0.2) is 55.8 Å². The van der Waals surface area contributed by atoms with E-state index < -0.39 is 21.7 Å². The van der Waals surface area contributed by atoms with Crippen LogP contribution in [0.5, 0.6) is 5.75 Å². The fourth-order valence-corrected chi connectivity index (χ4v) is 6.29. The number of halogens is 2. The molecule has 0 saturated heterocycles. The summed E-state index contributed by atoms with van der Waals surface area (Å²) in [5, 5.41) is 3.42. The Kier molecular flexibility index (Phi) is 7.00. The molecule has 0 aliphatic carbocycles. The molecule has 13 heteroatoms. The standard InChI is InChI=1S/C33H27F2N5O5S/c1-36-33(41)29-22-14-21(25(39(2)46(3,42)43)16-27(22)45-31(29)18-8-10-19(34)11-9-18)32-37-17-28-30(38-32)26-15-20-23(35)6-4-7-24(20)40(26)12-5-13-44-28/h4,6-11,14-17H,5,12-13H2,1-3H3,(H,36,41). The first-order chi connectivity index (χ1) is 22.0. The van der Waals surface area contributed by atoms with Gasteiger partial charge in [-0.1, -0.05) is 6.07 Å². The van der Waals surface area contributed by atoms with Crippen LogP contribution in [0.3, 0.4) is 0 Å². The molecule has 0 unspecified atom stereocenters. The van der Waals surface area contributed by atoms with Crippen molar-refractivity contribution >= 4 is 43.5 Å². The highest BCUT2D eigenvalue weighted by molar-refractivity contribution is 7.92. The van der Waals surface area contributed by atoms with Crippen molar-refractivity contribution in [2.45, 2.75) is 13.0 Å². The lowest BCUT2D eigenvalue weighted by Gasteiger charge is -2.21. The summed E-state index contributed by atoms with van der Waals surface area (Å²) in [5.74, 6) is -0.581. The molecule has 4 heterocycles. The number of hydrogen-bond donors (Lipinski definition) is 1. The molecule has 0 fully saturated rings. The van der Waals surface area contributed by atoms with Gasteiger partial charge in [-0.15, -0.1) is 0 Å². The molecule has 0 atom stereocenters. The minimum absolute atomic E-state index is 0.139. The molecule has 1 N–H and O–H groups in total. The summed E-state index contributed by atoms with van der Waals surface area (Å²) in [6.07, 6.45) is 3.24. The first-order valence-corrected chi connectivity index (χ1v) is 16.2. The van der Waals surface area contributed by atoms with E-state index in [1.165, 1.54) is 56.7 Å². The molecule has 10 nitrogen and oxygen atoms in total. The zero-order chi connectivity index (χ0) is 32.3. The van der Waals surface area contributed by atoms with Crippen molar-refractivity contribution in [1.29, 1.82) is 0 Å². The molecule has 7 rings (SSSR count). The zero-order valence-electron chi connectivity index (χ0n) is 25.0. The number of furan rings is 1. The largest absolute Gasteiger partial charge is 0.490 e. The van der Waals surface area contributed by atoms with Crippen LogP contribution >= 0.6 is 0 Å². The monoisotopic (exact) mass is 643 g/mol. The van der Waals surface area contributed by atoms with Crippen LogP contribution in [0.15, 0.2) is 71.3 Å². The number of sulfonamides is 1. The lowest BCUT2D eigenvalue weighted by molar-refractivity contribution is 0.0964. The third kappa shape index (κ3) is 4.83. The van der Waals surface area contributed by atoms with Crippen molar-refractivity contribution < 1.29 is 31.1 Å². The van der Waals surface area contributed by atoms with E-state index in [0.717, 1.165) is 10.6 Å². The molecule has 6 aromatic rings. The number of rotatable bonds is 5. The van der Waals surface area contributed by atoms with Crippen LogP contribution < -0.4 is 14.4 Å². The summed E-state index contributed by atoms with van der Waals surface area (Å²) >= 11 is 0. The van der Waals surface area contributed by atoms with Gasteiger partial charge in [0.15, 0.2) is 11.6 Å². The Hall–Kier alpha value is -5.30. The van der Waals surface area contributed by atoms with Crippen molar-refractivity contribution in [3.8, 4) is 39.8 Å². The van der Waals surface area contributed by atoms with Crippen molar-refractivity contribution in [1.82, 2.24) is 19.9 Å². The number of anilines is 1. The van der Waals surface area contributed by atoms with Crippen LogP contribution in [-0.2, 0) is 16.6 Å². The fourth-order valence-electron chi connectivity index (χ4n) is 5.79. The Morgan fingerprint density at radius 3 is 2.59 bits per heavy atom. The van der Waals surface area contributed by atoms with Gasteiger partial charge in [0.2, 0.25) is 10.0 Å². The molecular weight excluding hydrogens is 616 g/mol. The highest BCUT2D eigenvalue weighted by atomic mass is 32.2. The van der Waals surface area contributed by atoms with Crippen molar-refractivity contribution in [3.63, 3.8) is 0 Å². The van der Waals surface area contributed by atoms with Crippen LogP contribution in [0, 0.1) is 11.6 Å². The summed E-state index contributed by atoms with van der Waals surface area (Å²) in [5.41, 5.74) is 3.05. The number of hydrogen-bond acceptors (Lipinski definition) is 7. The zero-order valence-corrected chi connectivity index (χ0v) is 25.8. The number of nitrogens with zero attached hydrogens (tertiary/aromatic N) is 4. The van der Waals surface area contributed by atoms with Crippen LogP contribution in [0.2, 0.25) is 0 Å². The highest BCUT2D eigenvalue weighted by Gasteiger charge is 2.28. The van der Waals surface area contributed by atoms with Crippen LogP contribution in [0.25, 0.3) is 56.0 Å². The number of benzene rings is 3. The predicted molar refractivity (Wildman–Crippen MR) is 170 cm³/mol. The van der Waals surface area contributed by atoms with Gasteiger partial charge in [-0.25, -0.2) is 27.2 Å². The average molecular weight is 644 g/mol. The third-order valence-electron chi connectivity index (χ3n) is 8.12. The number of nitrogens with one attached hydrogen (secondary N) is 1. The van der Waals surface area contributed by atoms with E-state index in [9.17, 15) is 22.0 Å². The predicted octanol–water partition coefficient (Wildman–Crippen LogP) is 5.99. The van der Waals surface area contributed by atoms with Gasteiger partial charge in [-0.3, -0.25) is 9.10 Å². The van der Waals surface area contributed by atoms with Crippen molar-refractivity contribution in [2.24, 2.45) is 0 Å². The molecule has 0 bridgehead atoms. The smallest absolute Gasteiger partial charge is 0.255 e. The Morgan fingerprint density at radius 2 is 1.85 bits per heavy atom. The van der Waals surface area contributed by atoms with Crippen LogP contribution in [0.4, 0.5) is 14.5 Å². The van der Waals surface area contributed by atoms with Gasteiger partial charge in [0.25, 0.3) is 5.91 Å². The quantitative estimate of drug-likeness (QED) is 0.245. The number of ether oxygens (including phenoxy) is 1. The van der Waals surface area contributed by atoms with Crippen molar-refractivity contribution in [2.75, 3.05) is 31.3 Å². The number of aryl methyl sites for hydroxylation is 1. The molecule has 46 heavy (non-hydrogen) atoms. The number of carbonyl (C=O) groups is 1. The van der Waals surface area contributed by atoms with Crippen molar-refractivity contribution in [3.05, 3.63) is 84.1 Å². The van der Waals surface area contributed by atoms with Gasteiger partial charge >= 0.3 is 0 Å². The summed E-state index contributed by atoms with van der Waals surface area (Å²) < 4.78 is 69.5. The number of fused-ring (bicyclic) bond motifs is 6. The van der Waals surface area contributed by atoms with E-state index >= 15 is 0 Å². The van der Waals surface area contributed by atoms with Crippen LogP contribution in [0.1, 0.15) is 16.8 Å². The summed E-state index contributed by atoms with van der Waals surface area (Å²) in [4.78, 5) is 22.7. The van der Waals surface area contributed by atoms with Gasteiger partial charge in [0, 0.05) is 48.6 Å². The topological polar surface area (TPSA) is 120 Å². The molecule has 0 spiro atoms. The van der Waals surface area contributed by atoms with E-state index in [1.807, 2.05) is 10.6 Å². The minimum Gasteiger partial charge on any atom is -0.490 e. The second kappa shape index (κ2) is 10.9. The van der Waals surface area contributed by atoms with Gasteiger partial charge in [0.05, 0.1) is 41.5 Å². The second-order valence-electron chi connectivity index (χ2n) is 11.0. The maximum Gasteiger partial charge on any atom is 0.255 e. The molecule has 0 saturated carbocycles. The summed E-state index contributed by atoms with van der Waals surface area (Å²) in [7, 11) is -0.926. The summed E-state index contributed by atoms with van der Waals surface area (Å²) in [6.45, 7) is 0.945. The number of aromatic nitrogens is 3. The van der Waals surface area contributed by atoms with E-state index in [-0.39, 0.29) is 39.8 Å².